The van der Waals surface area contributed by atoms with Crippen molar-refractivity contribution in [3.8, 4) is 0 Å². The van der Waals surface area contributed by atoms with E-state index in [4.69, 9.17) is 16.7 Å². The van der Waals surface area contributed by atoms with Crippen LogP contribution in [-0.4, -0.2) is 41.7 Å². The van der Waals surface area contributed by atoms with Gasteiger partial charge >= 0.3 is 5.97 Å². The highest BCUT2D eigenvalue weighted by Crippen LogP contribution is 2.18. The molecule has 1 aliphatic rings. The van der Waals surface area contributed by atoms with Gasteiger partial charge in [0.15, 0.2) is 0 Å². The second-order valence-corrected chi connectivity index (χ2v) is 4.68. The Hall–Kier alpha value is -1.17. The largest absolute Gasteiger partial charge is 0.480 e. The average molecular weight is 273 g/mol. The predicted octanol–water partition coefficient (Wildman–Crippen LogP) is 1.34. The zero-order chi connectivity index (χ0) is 13.1. The first kappa shape index (κ1) is 13.3. The Balaban J connectivity index is 2.10. The molecule has 1 aromatic carbocycles. The number of rotatable bonds is 3. The van der Waals surface area contributed by atoms with Crippen molar-refractivity contribution in [3.05, 3.63) is 34.6 Å². The molecule has 1 unspecified atom stereocenters. The third kappa shape index (κ3) is 2.98. The molecule has 0 aromatic heterocycles. The summed E-state index contributed by atoms with van der Waals surface area (Å²) in [6.07, 6.45) is 0. The van der Waals surface area contributed by atoms with Gasteiger partial charge in [0.25, 0.3) is 0 Å². The molecule has 1 fully saturated rings. The standard InChI is InChI=1S/C12H14ClFN2O2/c13-9-2-1-8(5-10(9)14)7-16-4-3-15-6-11(16)12(17)18/h1-2,5,11,15H,3-4,6-7H2,(H,17,18). The van der Waals surface area contributed by atoms with Gasteiger partial charge < -0.3 is 10.4 Å². The van der Waals surface area contributed by atoms with Gasteiger partial charge in [0.05, 0.1) is 5.02 Å². The number of hydrogen-bond acceptors (Lipinski definition) is 3. The van der Waals surface area contributed by atoms with Crippen LogP contribution in [0.2, 0.25) is 5.02 Å². The van der Waals surface area contributed by atoms with Crippen LogP contribution in [0.4, 0.5) is 4.39 Å². The van der Waals surface area contributed by atoms with Gasteiger partial charge in [-0.2, -0.15) is 0 Å². The first-order chi connectivity index (χ1) is 8.58. The minimum absolute atomic E-state index is 0.0776. The van der Waals surface area contributed by atoms with E-state index in [1.165, 1.54) is 12.1 Å². The Morgan fingerprint density at radius 1 is 1.61 bits per heavy atom. The van der Waals surface area contributed by atoms with Crippen LogP contribution < -0.4 is 5.32 Å². The highest BCUT2D eigenvalue weighted by Gasteiger charge is 2.28. The molecule has 0 aliphatic carbocycles. The highest BCUT2D eigenvalue weighted by atomic mass is 35.5. The lowest BCUT2D eigenvalue weighted by atomic mass is 10.1. The van der Waals surface area contributed by atoms with E-state index in [0.717, 1.165) is 12.1 Å². The quantitative estimate of drug-likeness (QED) is 0.872. The fourth-order valence-electron chi connectivity index (χ4n) is 2.05. The van der Waals surface area contributed by atoms with Gasteiger partial charge in [-0.25, -0.2) is 4.39 Å². The van der Waals surface area contributed by atoms with Gasteiger partial charge in [-0.3, -0.25) is 9.69 Å². The first-order valence-electron chi connectivity index (χ1n) is 5.69. The highest BCUT2D eigenvalue weighted by molar-refractivity contribution is 6.30. The van der Waals surface area contributed by atoms with Crippen LogP contribution in [0.3, 0.4) is 0 Å². The van der Waals surface area contributed by atoms with E-state index < -0.39 is 17.8 Å². The van der Waals surface area contributed by atoms with Crippen LogP contribution in [0.15, 0.2) is 18.2 Å². The maximum atomic E-state index is 13.3. The molecule has 0 spiro atoms. The molecule has 0 saturated carbocycles. The lowest BCUT2D eigenvalue weighted by molar-refractivity contribution is -0.144. The molecule has 18 heavy (non-hydrogen) atoms. The van der Waals surface area contributed by atoms with Gasteiger partial charge in [0.2, 0.25) is 0 Å². The van der Waals surface area contributed by atoms with Gasteiger partial charge in [-0.15, -0.1) is 0 Å². The van der Waals surface area contributed by atoms with Crippen LogP contribution in [0.25, 0.3) is 0 Å². The molecule has 4 nitrogen and oxygen atoms in total. The van der Waals surface area contributed by atoms with Crippen molar-refractivity contribution in [1.29, 1.82) is 0 Å². The molecule has 1 heterocycles. The van der Waals surface area contributed by atoms with Crippen molar-refractivity contribution in [2.24, 2.45) is 0 Å². The van der Waals surface area contributed by atoms with Crippen molar-refractivity contribution in [2.45, 2.75) is 12.6 Å². The third-order valence-corrected chi connectivity index (χ3v) is 3.32. The topological polar surface area (TPSA) is 52.6 Å². The second kappa shape index (κ2) is 5.65. The van der Waals surface area contributed by atoms with Crippen molar-refractivity contribution < 1.29 is 14.3 Å². The van der Waals surface area contributed by atoms with Crippen LogP contribution >= 0.6 is 11.6 Å². The van der Waals surface area contributed by atoms with Crippen molar-refractivity contribution >= 4 is 17.6 Å². The number of benzene rings is 1. The summed E-state index contributed by atoms with van der Waals surface area (Å²) < 4.78 is 13.3. The molecule has 2 N–H and O–H groups in total. The molecule has 0 amide bonds. The van der Waals surface area contributed by atoms with Crippen LogP contribution in [0.1, 0.15) is 5.56 Å². The van der Waals surface area contributed by atoms with Crippen molar-refractivity contribution in [1.82, 2.24) is 10.2 Å². The molecule has 1 atom stereocenters. The Bertz CT molecular complexity index is 456. The molecule has 0 bridgehead atoms. The monoisotopic (exact) mass is 272 g/mol. The second-order valence-electron chi connectivity index (χ2n) is 4.28. The third-order valence-electron chi connectivity index (χ3n) is 3.01. The molecular formula is C12H14ClFN2O2. The Kier molecular flexibility index (Phi) is 4.16. The Labute approximate surface area is 109 Å². The zero-order valence-electron chi connectivity index (χ0n) is 9.70. The number of carboxylic acid groups (broad SMARTS) is 1. The Morgan fingerprint density at radius 3 is 3.06 bits per heavy atom. The zero-order valence-corrected chi connectivity index (χ0v) is 10.5. The van der Waals surface area contributed by atoms with E-state index >= 15 is 0 Å². The SMILES string of the molecule is O=C(O)C1CNCCN1Cc1ccc(Cl)c(F)c1. The maximum Gasteiger partial charge on any atom is 0.322 e. The van der Waals surface area contributed by atoms with Crippen LogP contribution in [0, 0.1) is 5.82 Å². The number of carboxylic acids is 1. The maximum absolute atomic E-state index is 13.3. The normalized spacial score (nSPS) is 20.9. The number of aliphatic carboxylic acids is 1. The number of nitrogens with one attached hydrogen (secondary N) is 1. The molecule has 1 aromatic rings. The van der Waals surface area contributed by atoms with E-state index in [1.807, 2.05) is 4.90 Å². The lowest BCUT2D eigenvalue weighted by Crippen LogP contribution is -2.54. The summed E-state index contributed by atoms with van der Waals surface area (Å²) >= 11 is 5.61. The van der Waals surface area contributed by atoms with Crippen molar-refractivity contribution in [3.63, 3.8) is 0 Å². The van der Waals surface area contributed by atoms with Crippen molar-refractivity contribution in [2.75, 3.05) is 19.6 Å². The van der Waals surface area contributed by atoms with E-state index in [9.17, 15) is 9.18 Å². The smallest absolute Gasteiger partial charge is 0.322 e. The minimum atomic E-state index is -0.864. The number of halogens is 2. The van der Waals surface area contributed by atoms with E-state index in [0.29, 0.717) is 19.6 Å². The molecule has 1 saturated heterocycles. The first-order valence-corrected chi connectivity index (χ1v) is 6.07. The van der Waals surface area contributed by atoms with Crippen LogP contribution in [-0.2, 0) is 11.3 Å². The number of piperazine rings is 1. The molecule has 1 aliphatic heterocycles. The van der Waals surface area contributed by atoms with Gasteiger partial charge in [0, 0.05) is 26.2 Å². The predicted molar refractivity (Wildman–Crippen MR) is 66.1 cm³/mol. The fraction of sp³-hybridized carbons (Fsp3) is 0.417. The molecule has 0 radical (unpaired) electrons. The van der Waals surface area contributed by atoms with E-state index in [1.54, 1.807) is 6.07 Å². The lowest BCUT2D eigenvalue weighted by Gasteiger charge is -2.33. The molecule has 2 rings (SSSR count). The summed E-state index contributed by atoms with van der Waals surface area (Å²) in [5, 5.41) is 12.2. The minimum Gasteiger partial charge on any atom is -0.480 e. The molecule has 98 valence electrons. The summed E-state index contributed by atoms with van der Waals surface area (Å²) in [4.78, 5) is 12.9. The summed E-state index contributed by atoms with van der Waals surface area (Å²) in [7, 11) is 0. The van der Waals surface area contributed by atoms with Gasteiger partial charge in [-0.1, -0.05) is 17.7 Å². The van der Waals surface area contributed by atoms with E-state index in [2.05, 4.69) is 5.32 Å². The average Bonchev–Trinajstić information content (AvgIpc) is 2.34. The molecule has 6 heteroatoms. The van der Waals surface area contributed by atoms with E-state index in [-0.39, 0.29) is 5.02 Å². The van der Waals surface area contributed by atoms with Gasteiger partial charge in [-0.05, 0) is 17.7 Å². The summed E-state index contributed by atoms with van der Waals surface area (Å²) in [6, 6.07) is 3.98. The number of nitrogens with zero attached hydrogens (tertiary/aromatic N) is 1. The summed E-state index contributed by atoms with van der Waals surface area (Å²) in [5.74, 6) is -1.34. The Morgan fingerprint density at radius 2 is 2.39 bits per heavy atom. The number of carbonyl (C=O) groups is 1. The summed E-state index contributed by atoms with van der Waals surface area (Å²) in [6.45, 7) is 2.18. The molecular weight excluding hydrogens is 259 g/mol. The van der Waals surface area contributed by atoms with Gasteiger partial charge in [0.1, 0.15) is 11.9 Å². The summed E-state index contributed by atoms with van der Waals surface area (Å²) in [5.41, 5.74) is 0.727. The number of hydrogen-bond donors (Lipinski definition) is 2. The fourth-order valence-corrected chi connectivity index (χ4v) is 2.17. The van der Waals surface area contributed by atoms with Crippen LogP contribution in [0.5, 0.6) is 0 Å².